The van der Waals surface area contributed by atoms with Gasteiger partial charge in [-0.1, -0.05) is 35.4 Å². The van der Waals surface area contributed by atoms with Crippen LogP contribution >= 0.6 is 0 Å². The molecule has 2 rings (SSSR count). The Labute approximate surface area is 99.8 Å². The average Bonchev–Trinajstić information content (AvgIpc) is 2.27. The molecule has 0 saturated carbocycles. The topological polar surface area (TPSA) is 6.48 Å². The molecule has 1 aliphatic heterocycles. The SMILES string of the molecule is CN(C)B1Cc2ccccc2CB1N(C)C. The van der Waals surface area contributed by atoms with Crippen LogP contribution in [0.5, 0.6) is 0 Å². The first-order chi connectivity index (χ1) is 7.59. The van der Waals surface area contributed by atoms with E-state index in [4.69, 9.17) is 0 Å². The monoisotopic (exact) mass is 214 g/mol. The van der Waals surface area contributed by atoms with Gasteiger partial charge in [-0.2, -0.15) is 0 Å². The third kappa shape index (κ3) is 2.18. The highest BCUT2D eigenvalue weighted by Crippen LogP contribution is 2.21. The van der Waals surface area contributed by atoms with Crippen LogP contribution < -0.4 is 0 Å². The minimum absolute atomic E-state index is 0.630. The van der Waals surface area contributed by atoms with Crippen molar-refractivity contribution in [2.24, 2.45) is 0 Å². The van der Waals surface area contributed by atoms with E-state index >= 15 is 0 Å². The first-order valence-electron chi connectivity index (χ1n) is 5.99. The molecule has 4 heteroatoms. The Balaban J connectivity index is 2.29. The van der Waals surface area contributed by atoms with Gasteiger partial charge >= 0.3 is 0 Å². The lowest BCUT2D eigenvalue weighted by atomic mass is 9.14. The Kier molecular flexibility index (Phi) is 3.41. The Bertz CT molecular complexity index is 331. The van der Waals surface area contributed by atoms with Crippen LogP contribution in [0.3, 0.4) is 0 Å². The van der Waals surface area contributed by atoms with E-state index in [1.807, 2.05) is 0 Å². The van der Waals surface area contributed by atoms with E-state index in [-0.39, 0.29) is 0 Å². The maximum Gasteiger partial charge on any atom is 0.212 e. The van der Waals surface area contributed by atoms with Crippen LogP contribution in [0.15, 0.2) is 24.3 Å². The lowest BCUT2D eigenvalue weighted by molar-refractivity contribution is 0.611. The molecule has 0 aromatic heterocycles. The van der Waals surface area contributed by atoms with Gasteiger partial charge < -0.3 is 9.62 Å². The quantitative estimate of drug-likeness (QED) is 0.678. The van der Waals surface area contributed by atoms with Gasteiger partial charge in [0.05, 0.1) is 0 Å². The fourth-order valence-corrected chi connectivity index (χ4v) is 2.73. The van der Waals surface area contributed by atoms with E-state index in [0.29, 0.717) is 13.5 Å². The van der Waals surface area contributed by atoms with Crippen LogP contribution in [0.4, 0.5) is 0 Å². The largest absolute Gasteiger partial charge is 0.352 e. The molecule has 16 heavy (non-hydrogen) atoms. The van der Waals surface area contributed by atoms with Crippen LogP contribution in [0.2, 0.25) is 0 Å². The Morgan fingerprint density at radius 1 is 0.812 bits per heavy atom. The van der Waals surface area contributed by atoms with Crippen LogP contribution in [-0.4, -0.2) is 51.3 Å². The van der Waals surface area contributed by atoms with Crippen LogP contribution in [0.25, 0.3) is 0 Å². The Morgan fingerprint density at radius 3 is 1.50 bits per heavy atom. The lowest BCUT2D eigenvalue weighted by Gasteiger charge is -2.36. The molecule has 0 spiro atoms. The first-order valence-corrected chi connectivity index (χ1v) is 5.99. The van der Waals surface area contributed by atoms with Crippen LogP contribution in [-0.2, 0) is 12.6 Å². The number of hydrogen-bond acceptors (Lipinski definition) is 2. The summed E-state index contributed by atoms with van der Waals surface area (Å²) in [5.74, 6) is 0. The van der Waals surface area contributed by atoms with Crippen molar-refractivity contribution in [3.63, 3.8) is 0 Å². The van der Waals surface area contributed by atoms with E-state index in [9.17, 15) is 0 Å². The maximum absolute atomic E-state index is 2.36. The maximum atomic E-state index is 2.36. The normalized spacial score (nSPS) is 15.9. The molecular formula is C12H20B2N2. The molecule has 0 saturated heterocycles. The lowest BCUT2D eigenvalue weighted by Crippen LogP contribution is -2.59. The van der Waals surface area contributed by atoms with Gasteiger partial charge in [0.2, 0.25) is 13.5 Å². The molecule has 0 N–H and O–H groups in total. The molecule has 0 aliphatic carbocycles. The zero-order valence-electron chi connectivity index (χ0n) is 10.8. The molecule has 1 heterocycles. The number of hydrogen-bond donors (Lipinski definition) is 0. The van der Waals surface area contributed by atoms with Crippen molar-refractivity contribution in [2.45, 2.75) is 12.6 Å². The zero-order valence-corrected chi connectivity index (χ0v) is 10.8. The van der Waals surface area contributed by atoms with Crippen molar-refractivity contribution in [1.82, 2.24) is 9.62 Å². The average molecular weight is 214 g/mol. The second-order valence-electron chi connectivity index (χ2n) is 5.24. The van der Waals surface area contributed by atoms with Crippen molar-refractivity contribution >= 4 is 13.5 Å². The fourth-order valence-electron chi connectivity index (χ4n) is 2.73. The van der Waals surface area contributed by atoms with Crippen LogP contribution in [0.1, 0.15) is 11.1 Å². The number of fused-ring (bicyclic) bond motifs is 1. The molecule has 1 aromatic rings. The zero-order chi connectivity index (χ0) is 11.7. The summed E-state index contributed by atoms with van der Waals surface area (Å²) in [4.78, 5) is 4.72. The summed E-state index contributed by atoms with van der Waals surface area (Å²) >= 11 is 0. The van der Waals surface area contributed by atoms with Crippen molar-refractivity contribution in [3.8, 4) is 0 Å². The van der Waals surface area contributed by atoms with Gasteiger partial charge in [0.25, 0.3) is 0 Å². The highest BCUT2D eigenvalue weighted by molar-refractivity contribution is 7.19. The summed E-state index contributed by atoms with van der Waals surface area (Å²) in [7, 11) is 8.76. The van der Waals surface area contributed by atoms with Gasteiger partial charge in [0, 0.05) is 0 Å². The summed E-state index contributed by atoms with van der Waals surface area (Å²) in [6, 6.07) is 8.86. The summed E-state index contributed by atoms with van der Waals surface area (Å²) in [6.07, 6.45) is 2.35. The second-order valence-corrected chi connectivity index (χ2v) is 5.24. The molecule has 1 aromatic carbocycles. The molecule has 0 fully saturated rings. The predicted octanol–water partition coefficient (Wildman–Crippen LogP) is 1.05. The number of nitrogens with zero attached hydrogens (tertiary/aromatic N) is 2. The third-order valence-corrected chi connectivity index (χ3v) is 3.75. The molecular weight excluding hydrogens is 194 g/mol. The minimum Gasteiger partial charge on any atom is -0.352 e. The fraction of sp³-hybridized carbons (Fsp3) is 0.500. The molecule has 84 valence electrons. The number of benzene rings is 1. The molecule has 0 unspecified atom stereocenters. The van der Waals surface area contributed by atoms with Gasteiger partial charge in [0.1, 0.15) is 0 Å². The van der Waals surface area contributed by atoms with Gasteiger partial charge in [0.15, 0.2) is 0 Å². The summed E-state index contributed by atoms with van der Waals surface area (Å²) in [5.41, 5.74) is 3.05. The minimum atomic E-state index is 0.630. The highest BCUT2D eigenvalue weighted by atomic mass is 15.0. The summed E-state index contributed by atoms with van der Waals surface area (Å²) in [5, 5.41) is 0. The van der Waals surface area contributed by atoms with E-state index < -0.39 is 0 Å². The molecule has 2 nitrogen and oxygen atoms in total. The molecule has 1 aliphatic rings. The molecule has 0 atom stereocenters. The van der Waals surface area contributed by atoms with Crippen molar-refractivity contribution in [2.75, 3.05) is 28.2 Å². The van der Waals surface area contributed by atoms with Gasteiger partial charge in [-0.3, -0.25) is 0 Å². The van der Waals surface area contributed by atoms with E-state index in [0.717, 1.165) is 0 Å². The Hall–Kier alpha value is -0.730. The third-order valence-electron chi connectivity index (χ3n) is 3.75. The van der Waals surface area contributed by atoms with E-state index in [1.165, 1.54) is 23.8 Å². The summed E-state index contributed by atoms with van der Waals surface area (Å²) in [6.45, 7) is 1.26. The van der Waals surface area contributed by atoms with E-state index in [2.05, 4.69) is 62.1 Å². The smallest absolute Gasteiger partial charge is 0.212 e. The van der Waals surface area contributed by atoms with Gasteiger partial charge in [-0.25, -0.2) is 0 Å². The predicted molar refractivity (Wildman–Crippen MR) is 72.7 cm³/mol. The second kappa shape index (κ2) is 4.64. The van der Waals surface area contributed by atoms with Gasteiger partial charge in [-0.05, 0) is 40.8 Å². The molecule has 0 radical (unpaired) electrons. The van der Waals surface area contributed by atoms with Crippen molar-refractivity contribution < 1.29 is 0 Å². The first kappa shape index (κ1) is 11.7. The standard InChI is InChI=1S/C12H20B2N2/c1-15(2)13-9-11-7-5-6-8-12(11)10-14(13)16(3)4/h5-8H,9-10H2,1-4H3. The Morgan fingerprint density at radius 2 is 1.19 bits per heavy atom. The van der Waals surface area contributed by atoms with Gasteiger partial charge in [-0.15, -0.1) is 0 Å². The summed E-state index contributed by atoms with van der Waals surface area (Å²) < 4.78 is 0. The van der Waals surface area contributed by atoms with Crippen molar-refractivity contribution in [1.29, 1.82) is 0 Å². The molecule has 0 bridgehead atoms. The number of rotatable bonds is 2. The molecule has 0 amide bonds. The highest BCUT2D eigenvalue weighted by Gasteiger charge is 2.37. The van der Waals surface area contributed by atoms with Crippen molar-refractivity contribution in [3.05, 3.63) is 35.4 Å². The van der Waals surface area contributed by atoms with Crippen LogP contribution in [0, 0.1) is 0 Å². The van der Waals surface area contributed by atoms with E-state index in [1.54, 1.807) is 0 Å².